The Balaban J connectivity index is 1.80. The Morgan fingerprint density at radius 3 is 2.85 bits per heavy atom. The molecule has 1 aliphatic heterocycles. The third kappa shape index (κ3) is 2.69. The number of nitrogens with two attached hydrogens (primary N) is 1. The van der Waals surface area contributed by atoms with Crippen LogP contribution in [0.3, 0.4) is 0 Å². The molecular formula is C15H22N2O2S. The van der Waals surface area contributed by atoms with E-state index in [1.807, 2.05) is 18.2 Å². The quantitative estimate of drug-likeness (QED) is 0.845. The molecular weight excluding hydrogens is 272 g/mol. The molecule has 0 amide bonds. The highest BCUT2D eigenvalue weighted by atomic mass is 32.2. The van der Waals surface area contributed by atoms with Crippen molar-refractivity contribution in [2.24, 2.45) is 0 Å². The number of fused-ring (bicyclic) bond motifs is 1. The molecule has 2 atom stereocenters. The van der Waals surface area contributed by atoms with E-state index in [1.54, 1.807) is 0 Å². The van der Waals surface area contributed by atoms with Crippen LogP contribution < -0.4 is 5.73 Å². The van der Waals surface area contributed by atoms with Gasteiger partial charge in [0, 0.05) is 24.8 Å². The minimum absolute atomic E-state index is 0.147. The summed E-state index contributed by atoms with van der Waals surface area (Å²) in [6.07, 6.45) is 4.03. The molecule has 2 fully saturated rings. The predicted octanol–water partition coefficient (Wildman–Crippen LogP) is 1.81. The summed E-state index contributed by atoms with van der Waals surface area (Å²) in [6.45, 7) is 1.46. The Bertz CT molecular complexity index is 585. The number of benzene rings is 1. The van der Waals surface area contributed by atoms with E-state index in [2.05, 4.69) is 11.0 Å². The number of nitrogen functional groups attached to an aromatic ring is 1. The second-order valence-corrected chi connectivity index (χ2v) is 8.31. The number of rotatable bonds is 2. The molecule has 1 heterocycles. The first-order valence-electron chi connectivity index (χ1n) is 7.36. The summed E-state index contributed by atoms with van der Waals surface area (Å²) >= 11 is 0. The Morgan fingerprint density at radius 1 is 1.25 bits per heavy atom. The van der Waals surface area contributed by atoms with E-state index >= 15 is 0 Å². The molecule has 1 aliphatic carbocycles. The number of nitrogens with zero attached hydrogens (tertiary/aromatic N) is 1. The first kappa shape index (κ1) is 13.9. The molecule has 2 aliphatic rings. The van der Waals surface area contributed by atoms with Crippen molar-refractivity contribution in [2.45, 2.75) is 43.5 Å². The summed E-state index contributed by atoms with van der Waals surface area (Å²) in [5, 5.41) is -0.147. The fourth-order valence-corrected chi connectivity index (χ4v) is 5.70. The molecule has 0 radical (unpaired) electrons. The smallest absolute Gasteiger partial charge is 0.155 e. The maximum Gasteiger partial charge on any atom is 0.155 e. The van der Waals surface area contributed by atoms with Gasteiger partial charge in [-0.25, -0.2) is 8.42 Å². The summed E-state index contributed by atoms with van der Waals surface area (Å²) in [6, 6.07) is 8.10. The molecule has 0 spiro atoms. The number of anilines is 1. The highest BCUT2D eigenvalue weighted by molar-refractivity contribution is 7.92. The van der Waals surface area contributed by atoms with Gasteiger partial charge in [-0.15, -0.1) is 0 Å². The van der Waals surface area contributed by atoms with E-state index in [0.717, 1.165) is 37.9 Å². The summed E-state index contributed by atoms with van der Waals surface area (Å²) in [5.41, 5.74) is 7.77. The van der Waals surface area contributed by atoms with Crippen LogP contribution in [-0.2, 0) is 16.4 Å². The molecule has 3 rings (SSSR count). The van der Waals surface area contributed by atoms with Crippen LogP contribution in [0.4, 0.5) is 5.69 Å². The summed E-state index contributed by atoms with van der Waals surface area (Å²) in [7, 11) is -2.88. The normalized spacial score (nSPS) is 29.8. The van der Waals surface area contributed by atoms with Gasteiger partial charge in [-0.2, -0.15) is 0 Å². The van der Waals surface area contributed by atoms with E-state index in [-0.39, 0.29) is 11.3 Å². The van der Waals surface area contributed by atoms with Crippen LogP contribution in [0.2, 0.25) is 0 Å². The molecule has 4 nitrogen and oxygen atoms in total. The highest BCUT2D eigenvalue weighted by Crippen LogP contribution is 2.32. The van der Waals surface area contributed by atoms with Crippen LogP contribution in [0.5, 0.6) is 0 Å². The third-order valence-corrected chi connectivity index (χ3v) is 6.82. The van der Waals surface area contributed by atoms with Crippen molar-refractivity contribution in [1.29, 1.82) is 0 Å². The average molecular weight is 294 g/mol. The van der Waals surface area contributed by atoms with Gasteiger partial charge in [-0.05, 0) is 30.5 Å². The molecule has 1 saturated carbocycles. The van der Waals surface area contributed by atoms with Gasteiger partial charge in [0.25, 0.3) is 0 Å². The molecule has 5 heteroatoms. The summed E-state index contributed by atoms with van der Waals surface area (Å²) in [5.74, 6) is 0.302. The lowest BCUT2D eigenvalue weighted by atomic mass is 9.93. The topological polar surface area (TPSA) is 63.4 Å². The van der Waals surface area contributed by atoms with E-state index < -0.39 is 9.84 Å². The molecule has 2 N–H and O–H groups in total. The lowest BCUT2D eigenvalue weighted by molar-refractivity contribution is 0.148. The van der Waals surface area contributed by atoms with Crippen LogP contribution in [0.25, 0.3) is 0 Å². The van der Waals surface area contributed by atoms with Crippen LogP contribution in [0.15, 0.2) is 24.3 Å². The van der Waals surface area contributed by atoms with E-state index in [0.29, 0.717) is 12.3 Å². The standard InChI is InChI=1S/C15H22N2O2S/c16-13-5-3-4-12(10-13)11-17-8-9-20(18,19)15-7-2-1-6-14(15)17/h3-5,10,14-15H,1-2,6-9,11,16H2. The first-order valence-corrected chi connectivity index (χ1v) is 9.08. The van der Waals surface area contributed by atoms with Gasteiger partial charge in [0.1, 0.15) is 0 Å². The lowest BCUT2D eigenvalue weighted by Crippen LogP contribution is -2.55. The Kier molecular flexibility index (Phi) is 3.73. The number of hydrogen-bond acceptors (Lipinski definition) is 4. The maximum atomic E-state index is 12.2. The zero-order valence-corrected chi connectivity index (χ0v) is 12.5. The van der Waals surface area contributed by atoms with Gasteiger partial charge in [0.2, 0.25) is 0 Å². The van der Waals surface area contributed by atoms with Gasteiger partial charge in [-0.1, -0.05) is 25.0 Å². The molecule has 1 saturated heterocycles. The Labute approximate surface area is 120 Å². The largest absolute Gasteiger partial charge is 0.399 e. The zero-order valence-electron chi connectivity index (χ0n) is 11.7. The van der Waals surface area contributed by atoms with E-state index in [1.165, 1.54) is 5.56 Å². The third-order valence-electron chi connectivity index (χ3n) is 4.60. The van der Waals surface area contributed by atoms with Crippen molar-refractivity contribution in [3.8, 4) is 0 Å². The monoisotopic (exact) mass is 294 g/mol. The molecule has 20 heavy (non-hydrogen) atoms. The fraction of sp³-hybridized carbons (Fsp3) is 0.600. The summed E-state index contributed by atoms with van der Waals surface area (Å²) in [4.78, 5) is 2.35. The molecule has 0 aromatic heterocycles. The van der Waals surface area contributed by atoms with Crippen molar-refractivity contribution < 1.29 is 8.42 Å². The molecule has 1 aromatic carbocycles. The maximum absolute atomic E-state index is 12.2. The van der Waals surface area contributed by atoms with Crippen molar-refractivity contribution in [3.05, 3.63) is 29.8 Å². The van der Waals surface area contributed by atoms with Gasteiger partial charge >= 0.3 is 0 Å². The van der Waals surface area contributed by atoms with E-state index in [4.69, 9.17) is 5.73 Å². The second kappa shape index (κ2) is 5.37. The summed E-state index contributed by atoms with van der Waals surface area (Å²) < 4.78 is 24.4. The molecule has 1 aromatic rings. The molecule has 110 valence electrons. The predicted molar refractivity (Wildman–Crippen MR) is 81.1 cm³/mol. The van der Waals surface area contributed by atoms with Crippen molar-refractivity contribution in [1.82, 2.24) is 4.90 Å². The fourth-order valence-electron chi connectivity index (χ4n) is 3.60. The minimum Gasteiger partial charge on any atom is -0.399 e. The van der Waals surface area contributed by atoms with Crippen LogP contribution in [-0.4, -0.2) is 36.9 Å². The van der Waals surface area contributed by atoms with Crippen LogP contribution >= 0.6 is 0 Å². The number of hydrogen-bond donors (Lipinski definition) is 1. The van der Waals surface area contributed by atoms with E-state index in [9.17, 15) is 8.42 Å². The Hall–Kier alpha value is -1.07. The van der Waals surface area contributed by atoms with Crippen molar-refractivity contribution >= 4 is 15.5 Å². The minimum atomic E-state index is -2.88. The average Bonchev–Trinajstić information content (AvgIpc) is 2.43. The van der Waals surface area contributed by atoms with Gasteiger partial charge < -0.3 is 5.73 Å². The molecule has 0 bridgehead atoms. The van der Waals surface area contributed by atoms with Crippen molar-refractivity contribution in [3.63, 3.8) is 0 Å². The zero-order chi connectivity index (χ0) is 14.2. The highest BCUT2D eigenvalue weighted by Gasteiger charge is 2.42. The van der Waals surface area contributed by atoms with Crippen molar-refractivity contribution in [2.75, 3.05) is 18.0 Å². The second-order valence-electron chi connectivity index (χ2n) is 5.97. The first-order chi connectivity index (χ1) is 9.56. The Morgan fingerprint density at radius 2 is 2.05 bits per heavy atom. The SMILES string of the molecule is Nc1cccc(CN2CCS(=O)(=O)C3CCCCC32)c1. The van der Waals surface area contributed by atoms with Gasteiger partial charge in [-0.3, -0.25) is 4.90 Å². The lowest BCUT2D eigenvalue weighted by Gasteiger charge is -2.43. The van der Waals surface area contributed by atoms with Crippen LogP contribution in [0.1, 0.15) is 31.2 Å². The number of sulfone groups is 1. The van der Waals surface area contributed by atoms with Gasteiger partial charge in [0.15, 0.2) is 9.84 Å². The molecule has 2 unspecified atom stereocenters. The van der Waals surface area contributed by atoms with Gasteiger partial charge in [0.05, 0.1) is 11.0 Å². The van der Waals surface area contributed by atoms with Crippen LogP contribution in [0, 0.1) is 0 Å².